The Labute approximate surface area is 105 Å². The molecule has 5 nitrogen and oxygen atoms in total. The summed E-state index contributed by atoms with van der Waals surface area (Å²) in [6, 6.07) is 0. The van der Waals surface area contributed by atoms with Crippen LogP contribution >= 0.6 is 11.8 Å². The fourth-order valence-corrected chi connectivity index (χ4v) is 2.61. The zero-order valence-electron chi connectivity index (χ0n) is 10.5. The maximum absolute atomic E-state index is 11.8. The Morgan fingerprint density at radius 3 is 2.94 bits per heavy atom. The SMILES string of the molecule is CC(C)(C)CC(=O)Nc1nnc2n1CCCS2. The average Bonchev–Trinajstić information content (AvgIpc) is 2.59. The van der Waals surface area contributed by atoms with Gasteiger partial charge >= 0.3 is 0 Å². The molecular weight excluding hydrogens is 236 g/mol. The van der Waals surface area contributed by atoms with Crippen molar-refractivity contribution in [3.8, 4) is 0 Å². The van der Waals surface area contributed by atoms with E-state index in [4.69, 9.17) is 0 Å². The highest BCUT2D eigenvalue weighted by Gasteiger charge is 2.20. The van der Waals surface area contributed by atoms with Crippen molar-refractivity contribution in [2.45, 2.75) is 45.3 Å². The van der Waals surface area contributed by atoms with E-state index in [0.717, 1.165) is 23.9 Å². The lowest BCUT2D eigenvalue weighted by molar-refractivity contribution is -0.117. The molecule has 17 heavy (non-hydrogen) atoms. The van der Waals surface area contributed by atoms with Gasteiger partial charge in [0.2, 0.25) is 11.9 Å². The molecule has 0 aromatic carbocycles. The Balaban J connectivity index is 2.04. The molecule has 0 aliphatic carbocycles. The molecule has 0 atom stereocenters. The molecule has 2 heterocycles. The quantitative estimate of drug-likeness (QED) is 0.878. The minimum atomic E-state index is -0.0103. The molecule has 2 rings (SSSR count). The van der Waals surface area contributed by atoms with Gasteiger partial charge in [-0.2, -0.15) is 0 Å². The van der Waals surface area contributed by atoms with Gasteiger partial charge in [0.15, 0.2) is 5.16 Å². The summed E-state index contributed by atoms with van der Waals surface area (Å²) in [5.74, 6) is 1.67. The summed E-state index contributed by atoms with van der Waals surface area (Å²) in [6.45, 7) is 7.02. The van der Waals surface area contributed by atoms with Crippen molar-refractivity contribution in [3.05, 3.63) is 0 Å². The van der Waals surface area contributed by atoms with Crippen LogP contribution in [0.15, 0.2) is 5.16 Å². The minimum absolute atomic E-state index is 0.00303. The molecule has 1 N–H and O–H groups in total. The van der Waals surface area contributed by atoms with E-state index < -0.39 is 0 Å². The topological polar surface area (TPSA) is 59.8 Å². The highest BCUT2D eigenvalue weighted by atomic mass is 32.2. The first-order chi connectivity index (χ1) is 7.96. The number of rotatable bonds is 2. The molecule has 0 bridgehead atoms. The lowest BCUT2D eigenvalue weighted by Gasteiger charge is -2.18. The van der Waals surface area contributed by atoms with Crippen LogP contribution in [0.3, 0.4) is 0 Å². The maximum atomic E-state index is 11.8. The maximum Gasteiger partial charge on any atom is 0.231 e. The summed E-state index contributed by atoms with van der Waals surface area (Å²) in [7, 11) is 0. The normalized spacial score (nSPS) is 15.5. The number of thioether (sulfide) groups is 1. The third kappa shape index (κ3) is 3.21. The highest BCUT2D eigenvalue weighted by molar-refractivity contribution is 7.99. The van der Waals surface area contributed by atoms with Crippen molar-refractivity contribution in [1.82, 2.24) is 14.8 Å². The van der Waals surface area contributed by atoms with Crippen LogP contribution in [-0.4, -0.2) is 26.4 Å². The zero-order valence-corrected chi connectivity index (χ0v) is 11.3. The number of hydrogen-bond donors (Lipinski definition) is 1. The summed E-state index contributed by atoms with van der Waals surface area (Å²) in [5, 5.41) is 11.8. The number of amides is 1. The van der Waals surface area contributed by atoms with Crippen molar-refractivity contribution in [3.63, 3.8) is 0 Å². The van der Waals surface area contributed by atoms with E-state index in [1.807, 2.05) is 25.3 Å². The summed E-state index contributed by atoms with van der Waals surface area (Å²) in [4.78, 5) is 11.8. The molecule has 1 amide bonds. The van der Waals surface area contributed by atoms with Gasteiger partial charge < -0.3 is 0 Å². The van der Waals surface area contributed by atoms with Crippen molar-refractivity contribution >= 4 is 23.6 Å². The number of nitrogens with one attached hydrogen (secondary N) is 1. The number of fused-ring (bicyclic) bond motifs is 1. The first kappa shape index (κ1) is 12.4. The van der Waals surface area contributed by atoms with E-state index in [9.17, 15) is 4.79 Å². The van der Waals surface area contributed by atoms with Crippen LogP contribution in [-0.2, 0) is 11.3 Å². The predicted octanol–water partition coefficient (Wildman–Crippen LogP) is 2.15. The van der Waals surface area contributed by atoms with Gasteiger partial charge in [-0.15, -0.1) is 10.2 Å². The second-order valence-corrected chi connectivity index (χ2v) is 6.51. The van der Waals surface area contributed by atoms with Crippen LogP contribution in [0.1, 0.15) is 33.6 Å². The fraction of sp³-hybridized carbons (Fsp3) is 0.727. The average molecular weight is 254 g/mol. The van der Waals surface area contributed by atoms with Crippen molar-refractivity contribution < 1.29 is 4.79 Å². The largest absolute Gasteiger partial charge is 0.295 e. The molecule has 0 saturated carbocycles. The van der Waals surface area contributed by atoms with E-state index in [1.165, 1.54) is 0 Å². The van der Waals surface area contributed by atoms with Gasteiger partial charge in [0, 0.05) is 18.7 Å². The van der Waals surface area contributed by atoms with Gasteiger partial charge in [0.1, 0.15) is 0 Å². The molecule has 1 aliphatic heterocycles. The van der Waals surface area contributed by atoms with Crippen molar-refractivity contribution in [2.75, 3.05) is 11.1 Å². The van der Waals surface area contributed by atoms with Gasteiger partial charge in [-0.3, -0.25) is 14.7 Å². The molecule has 0 spiro atoms. The molecule has 1 aromatic heterocycles. The molecule has 1 aliphatic rings. The van der Waals surface area contributed by atoms with Crippen LogP contribution in [0.4, 0.5) is 5.95 Å². The third-order valence-electron chi connectivity index (χ3n) is 2.42. The van der Waals surface area contributed by atoms with Crippen LogP contribution in [0.25, 0.3) is 0 Å². The second-order valence-electron chi connectivity index (χ2n) is 5.45. The number of nitrogens with zero attached hydrogens (tertiary/aromatic N) is 3. The smallest absolute Gasteiger partial charge is 0.231 e. The summed E-state index contributed by atoms with van der Waals surface area (Å²) < 4.78 is 1.98. The number of anilines is 1. The van der Waals surface area contributed by atoms with E-state index in [1.54, 1.807) is 11.8 Å². The van der Waals surface area contributed by atoms with Crippen molar-refractivity contribution in [2.24, 2.45) is 5.41 Å². The predicted molar refractivity (Wildman–Crippen MR) is 68.1 cm³/mol. The molecule has 0 fully saturated rings. The molecule has 1 aromatic rings. The Morgan fingerprint density at radius 1 is 1.47 bits per heavy atom. The molecule has 0 unspecified atom stereocenters. The molecular formula is C11H18N4OS. The number of hydrogen-bond acceptors (Lipinski definition) is 4. The molecule has 94 valence electrons. The molecule has 0 saturated heterocycles. The molecule has 0 radical (unpaired) electrons. The Kier molecular flexibility index (Phi) is 3.42. The lowest BCUT2D eigenvalue weighted by atomic mass is 9.92. The summed E-state index contributed by atoms with van der Waals surface area (Å²) in [6.07, 6.45) is 1.58. The van der Waals surface area contributed by atoms with Gasteiger partial charge in [0.05, 0.1) is 0 Å². The van der Waals surface area contributed by atoms with E-state index in [-0.39, 0.29) is 11.3 Å². The van der Waals surface area contributed by atoms with E-state index >= 15 is 0 Å². The standard InChI is InChI=1S/C11H18N4OS/c1-11(2,3)7-8(16)12-9-13-14-10-15(9)5-4-6-17-10/h4-7H2,1-3H3,(H,12,13,16). The van der Waals surface area contributed by atoms with Gasteiger partial charge in [-0.25, -0.2) is 0 Å². The Morgan fingerprint density at radius 2 is 2.24 bits per heavy atom. The first-order valence-electron chi connectivity index (χ1n) is 5.81. The first-order valence-corrected chi connectivity index (χ1v) is 6.80. The fourth-order valence-electron chi connectivity index (χ4n) is 1.73. The summed E-state index contributed by atoms with van der Waals surface area (Å²) in [5.41, 5.74) is -0.0103. The highest BCUT2D eigenvalue weighted by Crippen LogP contribution is 2.26. The van der Waals surface area contributed by atoms with Gasteiger partial charge in [0.25, 0.3) is 0 Å². The Bertz CT molecular complexity index is 422. The van der Waals surface area contributed by atoms with Gasteiger partial charge in [-0.05, 0) is 11.8 Å². The Hall–Kier alpha value is -1.04. The minimum Gasteiger partial charge on any atom is -0.295 e. The second kappa shape index (κ2) is 4.68. The monoisotopic (exact) mass is 254 g/mol. The number of aromatic nitrogens is 3. The van der Waals surface area contributed by atoms with Crippen LogP contribution in [0.5, 0.6) is 0 Å². The van der Waals surface area contributed by atoms with Crippen LogP contribution in [0.2, 0.25) is 0 Å². The van der Waals surface area contributed by atoms with E-state index in [0.29, 0.717) is 12.4 Å². The lowest BCUT2D eigenvalue weighted by Crippen LogP contribution is -2.22. The molecule has 6 heteroatoms. The number of carbonyl (C=O) groups excluding carboxylic acids is 1. The van der Waals surface area contributed by atoms with E-state index in [2.05, 4.69) is 15.5 Å². The summed E-state index contributed by atoms with van der Waals surface area (Å²) >= 11 is 1.69. The van der Waals surface area contributed by atoms with Crippen LogP contribution in [0, 0.1) is 5.41 Å². The van der Waals surface area contributed by atoms with Gasteiger partial charge in [-0.1, -0.05) is 32.5 Å². The number of carbonyl (C=O) groups is 1. The van der Waals surface area contributed by atoms with Crippen LogP contribution < -0.4 is 5.32 Å². The third-order valence-corrected chi connectivity index (χ3v) is 3.47. The van der Waals surface area contributed by atoms with Crippen molar-refractivity contribution in [1.29, 1.82) is 0 Å². The zero-order chi connectivity index (χ0) is 12.5.